The van der Waals surface area contributed by atoms with Crippen molar-refractivity contribution >= 4 is 45.3 Å². The zero-order valence-corrected chi connectivity index (χ0v) is 20.5. The Kier molecular flexibility index (Phi) is 9.00. The van der Waals surface area contributed by atoms with Crippen molar-refractivity contribution < 1.29 is 19.2 Å². The molecule has 10 heteroatoms. The maximum Gasteiger partial charge on any atom is 0.269 e. The van der Waals surface area contributed by atoms with Crippen LogP contribution in [0.4, 0.5) is 5.69 Å². The summed E-state index contributed by atoms with van der Waals surface area (Å²) < 4.78 is 12.4. The van der Waals surface area contributed by atoms with Gasteiger partial charge in [-0.15, -0.1) is 0 Å². The van der Waals surface area contributed by atoms with Crippen molar-refractivity contribution in [2.45, 2.75) is 20.0 Å². The number of hydrogen-bond acceptors (Lipinski definition) is 6. The van der Waals surface area contributed by atoms with Crippen LogP contribution in [-0.4, -0.2) is 23.7 Å². The average Bonchev–Trinajstić information content (AvgIpc) is 2.80. The summed E-state index contributed by atoms with van der Waals surface area (Å²) in [5.74, 6) is 0.510. The minimum Gasteiger partial charge on any atom is -0.490 e. The average molecular weight is 547 g/mol. The van der Waals surface area contributed by atoms with E-state index in [1.807, 2.05) is 31.2 Å². The number of rotatable bonds is 10. The van der Waals surface area contributed by atoms with Gasteiger partial charge in [0, 0.05) is 16.6 Å². The Hall–Kier alpha value is -3.43. The SMILES string of the molecule is CCOc1cc(/C=N/NC(=O)Cc2ccc(Br)cc2)cc(Cl)c1OCc1ccc([N+](=O)[O-])cc1. The molecule has 34 heavy (non-hydrogen) atoms. The van der Waals surface area contributed by atoms with Crippen molar-refractivity contribution in [3.8, 4) is 11.5 Å². The van der Waals surface area contributed by atoms with Crippen molar-refractivity contribution in [1.29, 1.82) is 0 Å². The van der Waals surface area contributed by atoms with E-state index in [1.165, 1.54) is 18.3 Å². The highest BCUT2D eigenvalue weighted by Gasteiger charge is 2.13. The maximum atomic E-state index is 12.1. The highest BCUT2D eigenvalue weighted by atomic mass is 79.9. The fraction of sp³-hybridized carbons (Fsp3) is 0.167. The van der Waals surface area contributed by atoms with E-state index in [1.54, 1.807) is 24.3 Å². The molecule has 0 aliphatic heterocycles. The fourth-order valence-electron chi connectivity index (χ4n) is 2.94. The molecule has 0 aromatic heterocycles. The van der Waals surface area contributed by atoms with Crippen LogP contribution in [0.1, 0.15) is 23.6 Å². The van der Waals surface area contributed by atoms with Gasteiger partial charge in [-0.3, -0.25) is 14.9 Å². The Labute approximate surface area is 209 Å². The number of hydrogen-bond donors (Lipinski definition) is 1. The number of hydrazone groups is 1. The minimum atomic E-state index is -0.460. The lowest BCUT2D eigenvalue weighted by atomic mass is 10.1. The summed E-state index contributed by atoms with van der Waals surface area (Å²) in [4.78, 5) is 22.4. The first-order chi connectivity index (χ1) is 16.4. The number of ether oxygens (including phenoxy) is 2. The molecule has 0 heterocycles. The highest BCUT2D eigenvalue weighted by Crippen LogP contribution is 2.37. The number of carbonyl (C=O) groups excluding carboxylic acids is 1. The summed E-state index contributed by atoms with van der Waals surface area (Å²) in [7, 11) is 0. The van der Waals surface area contributed by atoms with Crippen LogP contribution in [-0.2, 0) is 17.8 Å². The molecule has 176 valence electrons. The van der Waals surface area contributed by atoms with Crippen LogP contribution in [0.3, 0.4) is 0 Å². The molecule has 0 aliphatic rings. The monoisotopic (exact) mass is 545 g/mol. The molecule has 0 saturated carbocycles. The van der Waals surface area contributed by atoms with Gasteiger partial charge in [-0.25, -0.2) is 5.43 Å². The van der Waals surface area contributed by atoms with E-state index in [4.69, 9.17) is 21.1 Å². The van der Waals surface area contributed by atoms with Gasteiger partial charge in [-0.05, 0) is 60.0 Å². The topological polar surface area (TPSA) is 103 Å². The van der Waals surface area contributed by atoms with Crippen LogP contribution in [0.25, 0.3) is 0 Å². The Balaban J connectivity index is 1.65. The molecule has 0 saturated heterocycles. The van der Waals surface area contributed by atoms with Crippen LogP contribution in [0.5, 0.6) is 11.5 Å². The number of nitrogens with one attached hydrogen (secondary N) is 1. The maximum absolute atomic E-state index is 12.1. The molecular formula is C24H21BrClN3O5. The molecular weight excluding hydrogens is 526 g/mol. The molecule has 0 atom stereocenters. The van der Waals surface area contributed by atoms with Crippen molar-refractivity contribution in [2.75, 3.05) is 6.61 Å². The molecule has 3 aromatic rings. The van der Waals surface area contributed by atoms with Gasteiger partial charge in [0.2, 0.25) is 5.91 Å². The van der Waals surface area contributed by atoms with E-state index >= 15 is 0 Å². The predicted octanol–water partition coefficient (Wildman–Crippen LogP) is 5.68. The lowest BCUT2D eigenvalue weighted by Gasteiger charge is -2.14. The summed E-state index contributed by atoms with van der Waals surface area (Å²) in [5, 5.41) is 15.1. The third-order valence-electron chi connectivity index (χ3n) is 4.54. The Bertz CT molecular complexity index is 1180. The standard InChI is InChI=1S/C24H21BrClN3O5/c1-2-33-22-12-18(14-27-28-23(30)13-16-3-7-19(25)8-4-16)11-21(26)24(22)34-15-17-5-9-20(10-6-17)29(31)32/h3-12,14H,2,13,15H2,1H3,(H,28,30)/b27-14+. The first-order valence-corrected chi connectivity index (χ1v) is 11.4. The number of non-ortho nitro benzene ring substituents is 1. The Morgan fingerprint density at radius 3 is 2.44 bits per heavy atom. The largest absolute Gasteiger partial charge is 0.490 e. The Morgan fingerprint density at radius 1 is 1.12 bits per heavy atom. The second kappa shape index (κ2) is 12.2. The van der Waals surface area contributed by atoms with Crippen molar-refractivity contribution in [1.82, 2.24) is 5.43 Å². The van der Waals surface area contributed by atoms with Gasteiger partial charge in [0.1, 0.15) is 6.61 Å². The summed E-state index contributed by atoms with van der Waals surface area (Å²) in [6.07, 6.45) is 1.67. The number of halogens is 2. The number of nitro benzene ring substituents is 1. The zero-order valence-electron chi connectivity index (χ0n) is 18.2. The van der Waals surface area contributed by atoms with Gasteiger partial charge in [0.25, 0.3) is 5.69 Å². The van der Waals surface area contributed by atoms with Crippen LogP contribution in [0, 0.1) is 10.1 Å². The number of benzene rings is 3. The minimum absolute atomic E-state index is 0.00404. The van der Waals surface area contributed by atoms with E-state index in [0.29, 0.717) is 28.7 Å². The summed E-state index contributed by atoms with van der Waals surface area (Å²) in [5.41, 5.74) is 4.72. The molecule has 1 amide bonds. The highest BCUT2D eigenvalue weighted by molar-refractivity contribution is 9.10. The van der Waals surface area contributed by atoms with Gasteiger partial charge < -0.3 is 9.47 Å². The van der Waals surface area contributed by atoms with Crippen molar-refractivity contribution in [3.05, 3.63) is 97.0 Å². The second-order valence-electron chi connectivity index (χ2n) is 7.07. The number of amides is 1. The van der Waals surface area contributed by atoms with E-state index in [0.717, 1.165) is 15.6 Å². The smallest absolute Gasteiger partial charge is 0.269 e. The van der Waals surface area contributed by atoms with Gasteiger partial charge >= 0.3 is 0 Å². The van der Waals surface area contributed by atoms with Crippen LogP contribution in [0.15, 0.2) is 70.2 Å². The second-order valence-corrected chi connectivity index (χ2v) is 8.39. The first kappa shape index (κ1) is 25.2. The normalized spacial score (nSPS) is 10.8. The molecule has 3 aromatic carbocycles. The third-order valence-corrected chi connectivity index (χ3v) is 5.35. The fourth-order valence-corrected chi connectivity index (χ4v) is 3.48. The molecule has 0 aliphatic carbocycles. The molecule has 0 bridgehead atoms. The molecule has 0 spiro atoms. The number of nitro groups is 1. The van der Waals surface area contributed by atoms with Crippen LogP contribution >= 0.6 is 27.5 Å². The van der Waals surface area contributed by atoms with E-state index in [-0.39, 0.29) is 24.6 Å². The van der Waals surface area contributed by atoms with Gasteiger partial charge in [-0.2, -0.15) is 5.10 Å². The molecule has 1 N–H and O–H groups in total. The van der Waals surface area contributed by atoms with Gasteiger partial charge in [0.15, 0.2) is 11.5 Å². The lowest BCUT2D eigenvalue weighted by Crippen LogP contribution is -2.19. The Morgan fingerprint density at radius 2 is 1.79 bits per heavy atom. The first-order valence-electron chi connectivity index (χ1n) is 10.2. The van der Waals surface area contributed by atoms with E-state index < -0.39 is 4.92 Å². The number of carbonyl (C=O) groups is 1. The summed E-state index contributed by atoms with van der Waals surface area (Å²) in [6.45, 7) is 2.36. The van der Waals surface area contributed by atoms with Crippen molar-refractivity contribution in [2.24, 2.45) is 5.10 Å². The third kappa shape index (κ3) is 7.29. The zero-order chi connectivity index (χ0) is 24.5. The van der Waals surface area contributed by atoms with E-state index in [9.17, 15) is 14.9 Å². The predicted molar refractivity (Wildman–Crippen MR) is 134 cm³/mol. The molecule has 0 unspecified atom stereocenters. The molecule has 0 fully saturated rings. The molecule has 3 rings (SSSR count). The van der Waals surface area contributed by atoms with Crippen LogP contribution in [0.2, 0.25) is 5.02 Å². The summed E-state index contributed by atoms with van der Waals surface area (Å²) in [6, 6.07) is 16.8. The van der Waals surface area contributed by atoms with Gasteiger partial charge in [-0.1, -0.05) is 39.7 Å². The number of nitrogens with zero attached hydrogens (tertiary/aromatic N) is 2. The quantitative estimate of drug-likeness (QED) is 0.200. The van der Waals surface area contributed by atoms with Crippen LogP contribution < -0.4 is 14.9 Å². The van der Waals surface area contributed by atoms with Gasteiger partial charge in [0.05, 0.1) is 29.2 Å². The molecule has 0 radical (unpaired) electrons. The van der Waals surface area contributed by atoms with E-state index in [2.05, 4.69) is 26.5 Å². The lowest BCUT2D eigenvalue weighted by molar-refractivity contribution is -0.384. The van der Waals surface area contributed by atoms with Crippen molar-refractivity contribution in [3.63, 3.8) is 0 Å². The molecule has 8 nitrogen and oxygen atoms in total. The summed E-state index contributed by atoms with van der Waals surface area (Å²) >= 11 is 9.78.